The quantitative estimate of drug-likeness (QED) is 0.486. The zero-order chi connectivity index (χ0) is 22.0. The van der Waals surface area contributed by atoms with Crippen LogP contribution >= 0.6 is 0 Å². The Morgan fingerprint density at radius 1 is 1.13 bits per heavy atom. The first-order valence-corrected chi connectivity index (χ1v) is 9.89. The molecule has 8 heteroatoms. The number of fused-ring (bicyclic) bond motifs is 1. The maximum absolute atomic E-state index is 13.0. The second-order valence-corrected chi connectivity index (χ2v) is 7.30. The van der Waals surface area contributed by atoms with Crippen LogP contribution in [0.15, 0.2) is 54.9 Å². The zero-order valence-electron chi connectivity index (χ0n) is 17.8. The van der Waals surface area contributed by atoms with E-state index in [1.165, 1.54) is 0 Å². The molecule has 0 aliphatic carbocycles. The molecule has 31 heavy (non-hydrogen) atoms. The highest BCUT2D eigenvalue weighted by atomic mass is 16.5. The fourth-order valence-corrected chi connectivity index (χ4v) is 3.19. The molecule has 0 atom stereocenters. The fraction of sp³-hybridized carbons (Fsp3) is 0.217. The molecular formula is C23H23N5O3. The van der Waals surface area contributed by atoms with Gasteiger partial charge in [0.1, 0.15) is 17.2 Å². The standard InChI is InChI=1S/C23H23N5O3/c1-14(2)28-21-16(13-25-28)12-19(15(3)26-21)22(29)27-20-6-5-11-24-23(20)31-18-9-7-17(30-4)8-10-18/h5-14H,1-4H3,(H,27,29). The van der Waals surface area contributed by atoms with Gasteiger partial charge in [-0.1, -0.05) is 0 Å². The molecule has 0 aliphatic rings. The molecule has 4 aromatic rings. The van der Waals surface area contributed by atoms with Crippen molar-refractivity contribution in [1.82, 2.24) is 19.7 Å². The van der Waals surface area contributed by atoms with Crippen molar-refractivity contribution in [2.75, 3.05) is 12.4 Å². The lowest BCUT2D eigenvalue weighted by molar-refractivity contribution is 0.102. The lowest BCUT2D eigenvalue weighted by atomic mass is 10.1. The van der Waals surface area contributed by atoms with Crippen LogP contribution in [0.1, 0.15) is 35.9 Å². The number of carbonyl (C=O) groups is 1. The summed E-state index contributed by atoms with van der Waals surface area (Å²) in [5, 5.41) is 8.07. The monoisotopic (exact) mass is 417 g/mol. The SMILES string of the molecule is COc1ccc(Oc2ncccc2NC(=O)c2cc3cnn(C(C)C)c3nc2C)cc1. The summed E-state index contributed by atoms with van der Waals surface area (Å²) in [5.41, 5.74) is 2.30. The number of methoxy groups -OCH3 is 1. The molecule has 1 amide bonds. The molecule has 0 radical (unpaired) electrons. The van der Waals surface area contributed by atoms with Gasteiger partial charge in [-0.15, -0.1) is 0 Å². The van der Waals surface area contributed by atoms with Crippen molar-refractivity contribution in [2.45, 2.75) is 26.8 Å². The van der Waals surface area contributed by atoms with Crippen molar-refractivity contribution >= 4 is 22.6 Å². The summed E-state index contributed by atoms with van der Waals surface area (Å²) in [6.45, 7) is 5.89. The van der Waals surface area contributed by atoms with Crippen LogP contribution in [0.4, 0.5) is 5.69 Å². The van der Waals surface area contributed by atoms with E-state index in [4.69, 9.17) is 9.47 Å². The minimum Gasteiger partial charge on any atom is -0.497 e. The largest absolute Gasteiger partial charge is 0.497 e. The lowest BCUT2D eigenvalue weighted by Crippen LogP contribution is -2.15. The Labute approximate surface area is 179 Å². The highest BCUT2D eigenvalue weighted by Crippen LogP contribution is 2.29. The number of rotatable bonds is 6. The topological polar surface area (TPSA) is 91.2 Å². The Bertz CT molecular complexity index is 1230. The Morgan fingerprint density at radius 3 is 2.58 bits per heavy atom. The Hall–Kier alpha value is -3.94. The number of benzene rings is 1. The van der Waals surface area contributed by atoms with Crippen LogP contribution in [0.2, 0.25) is 0 Å². The zero-order valence-corrected chi connectivity index (χ0v) is 17.8. The number of ether oxygens (including phenoxy) is 2. The number of amides is 1. The van der Waals surface area contributed by atoms with Gasteiger partial charge in [0.2, 0.25) is 5.88 Å². The van der Waals surface area contributed by atoms with E-state index < -0.39 is 0 Å². The number of nitrogens with zero attached hydrogens (tertiary/aromatic N) is 4. The van der Waals surface area contributed by atoms with E-state index >= 15 is 0 Å². The third kappa shape index (κ3) is 4.18. The minimum absolute atomic E-state index is 0.178. The Kier molecular flexibility index (Phi) is 5.53. The highest BCUT2D eigenvalue weighted by molar-refractivity contribution is 6.07. The molecule has 1 N–H and O–H groups in total. The van der Waals surface area contributed by atoms with E-state index in [0.717, 1.165) is 16.8 Å². The molecule has 8 nitrogen and oxygen atoms in total. The van der Waals surface area contributed by atoms with Crippen LogP contribution in [-0.2, 0) is 0 Å². The van der Waals surface area contributed by atoms with Crippen LogP contribution in [-0.4, -0.2) is 32.8 Å². The van der Waals surface area contributed by atoms with Gasteiger partial charge in [0.05, 0.1) is 24.6 Å². The normalized spacial score (nSPS) is 11.0. The van der Waals surface area contributed by atoms with Gasteiger partial charge < -0.3 is 14.8 Å². The van der Waals surface area contributed by atoms with Crippen molar-refractivity contribution < 1.29 is 14.3 Å². The Morgan fingerprint density at radius 2 is 1.87 bits per heavy atom. The highest BCUT2D eigenvalue weighted by Gasteiger charge is 2.17. The average Bonchev–Trinajstić information content (AvgIpc) is 3.18. The van der Waals surface area contributed by atoms with Crippen LogP contribution in [0.25, 0.3) is 11.0 Å². The first-order valence-electron chi connectivity index (χ1n) is 9.89. The van der Waals surface area contributed by atoms with Gasteiger partial charge in [-0.25, -0.2) is 14.6 Å². The third-order valence-corrected chi connectivity index (χ3v) is 4.79. The van der Waals surface area contributed by atoms with Crippen LogP contribution in [0, 0.1) is 6.92 Å². The van der Waals surface area contributed by atoms with E-state index in [1.54, 1.807) is 62.0 Å². The summed E-state index contributed by atoms with van der Waals surface area (Å²) in [6, 6.07) is 12.6. The summed E-state index contributed by atoms with van der Waals surface area (Å²) in [7, 11) is 1.60. The molecule has 0 fully saturated rings. The molecule has 3 aromatic heterocycles. The van der Waals surface area contributed by atoms with Gasteiger partial charge in [0.25, 0.3) is 5.91 Å². The maximum atomic E-state index is 13.0. The van der Waals surface area contributed by atoms with Crippen LogP contribution in [0.3, 0.4) is 0 Å². The van der Waals surface area contributed by atoms with Gasteiger partial charge in [-0.2, -0.15) is 5.10 Å². The third-order valence-electron chi connectivity index (χ3n) is 4.79. The maximum Gasteiger partial charge on any atom is 0.257 e. The number of hydrogen-bond acceptors (Lipinski definition) is 6. The Balaban J connectivity index is 1.59. The average molecular weight is 417 g/mol. The van der Waals surface area contributed by atoms with Gasteiger partial charge >= 0.3 is 0 Å². The van der Waals surface area contributed by atoms with Crippen molar-refractivity contribution in [1.29, 1.82) is 0 Å². The van der Waals surface area contributed by atoms with Crippen LogP contribution < -0.4 is 14.8 Å². The van der Waals surface area contributed by atoms with E-state index in [9.17, 15) is 4.79 Å². The van der Waals surface area contributed by atoms with Gasteiger partial charge in [0, 0.05) is 17.6 Å². The molecule has 0 spiro atoms. The van der Waals surface area contributed by atoms with Gasteiger partial charge in [-0.05, 0) is 63.2 Å². The smallest absolute Gasteiger partial charge is 0.257 e. The molecule has 4 rings (SSSR count). The number of carbonyl (C=O) groups excluding carboxylic acids is 1. The van der Waals surface area contributed by atoms with Crippen molar-refractivity contribution in [2.24, 2.45) is 0 Å². The lowest BCUT2D eigenvalue weighted by Gasteiger charge is -2.12. The van der Waals surface area contributed by atoms with E-state index in [2.05, 4.69) is 20.4 Å². The summed E-state index contributed by atoms with van der Waals surface area (Å²) >= 11 is 0. The predicted molar refractivity (Wildman–Crippen MR) is 118 cm³/mol. The molecule has 0 bridgehead atoms. The first kappa shape index (κ1) is 20.3. The van der Waals surface area contributed by atoms with Crippen LogP contribution in [0.5, 0.6) is 17.4 Å². The summed E-state index contributed by atoms with van der Waals surface area (Å²) in [5.74, 6) is 1.30. The van der Waals surface area contributed by atoms with Crippen molar-refractivity contribution in [3.8, 4) is 17.4 Å². The van der Waals surface area contributed by atoms with Gasteiger partial charge in [-0.3, -0.25) is 4.79 Å². The van der Waals surface area contributed by atoms with E-state index in [1.807, 2.05) is 25.5 Å². The number of anilines is 1. The minimum atomic E-state index is -0.295. The molecule has 1 aromatic carbocycles. The molecular weight excluding hydrogens is 394 g/mol. The molecule has 3 heterocycles. The van der Waals surface area contributed by atoms with E-state index in [-0.39, 0.29) is 11.9 Å². The van der Waals surface area contributed by atoms with E-state index in [0.29, 0.717) is 28.6 Å². The second kappa shape index (κ2) is 8.43. The predicted octanol–water partition coefficient (Wildman–Crippen LogP) is 4.77. The fourth-order valence-electron chi connectivity index (χ4n) is 3.19. The first-order chi connectivity index (χ1) is 15.0. The summed E-state index contributed by atoms with van der Waals surface area (Å²) in [6.07, 6.45) is 3.33. The van der Waals surface area contributed by atoms with Gasteiger partial charge in [0.15, 0.2) is 5.65 Å². The number of pyridine rings is 2. The number of nitrogens with one attached hydrogen (secondary N) is 1. The molecule has 0 unspecified atom stereocenters. The molecule has 0 saturated heterocycles. The second-order valence-electron chi connectivity index (χ2n) is 7.30. The number of hydrogen-bond donors (Lipinski definition) is 1. The number of aryl methyl sites for hydroxylation is 1. The molecule has 0 saturated carbocycles. The molecule has 0 aliphatic heterocycles. The number of aromatic nitrogens is 4. The van der Waals surface area contributed by atoms with Crippen molar-refractivity contribution in [3.63, 3.8) is 0 Å². The summed E-state index contributed by atoms with van der Waals surface area (Å²) in [4.78, 5) is 21.9. The summed E-state index contributed by atoms with van der Waals surface area (Å²) < 4.78 is 12.9. The molecule has 158 valence electrons. The van der Waals surface area contributed by atoms with Crippen molar-refractivity contribution in [3.05, 3.63) is 66.1 Å².